The average Bonchev–Trinajstić information content (AvgIpc) is 3.17. The third-order valence-corrected chi connectivity index (χ3v) is 5.76. The highest BCUT2D eigenvalue weighted by atomic mass is 31.1. The Labute approximate surface area is 129 Å². The minimum absolute atomic E-state index is 0.370. The summed E-state index contributed by atoms with van der Waals surface area (Å²) in [4.78, 5) is 4.34. The number of aromatic nitrogens is 2. The average molecular weight is 300 g/mol. The van der Waals surface area contributed by atoms with Crippen LogP contribution in [0.25, 0.3) is 0 Å². The standard InChI is InChI=1S/C18H25N2P/c1-3-21-13-8-16-4-6-17(7-5-16)18(9-10-18)14-20-12-11-19-15(20)2/h4-7,11-12,21H,3,8-10,13-14H2,1-2H3. The van der Waals surface area contributed by atoms with Crippen molar-refractivity contribution in [2.24, 2.45) is 0 Å². The molecule has 1 aromatic heterocycles. The van der Waals surface area contributed by atoms with Gasteiger partial charge in [0, 0.05) is 24.4 Å². The van der Waals surface area contributed by atoms with Crippen LogP contribution in [0.1, 0.15) is 36.7 Å². The van der Waals surface area contributed by atoms with Gasteiger partial charge < -0.3 is 4.57 Å². The lowest BCUT2D eigenvalue weighted by atomic mass is 9.94. The number of hydrogen-bond acceptors (Lipinski definition) is 1. The summed E-state index contributed by atoms with van der Waals surface area (Å²) in [5.74, 6) is 1.12. The Bertz CT molecular complexity index is 582. The zero-order chi connectivity index (χ0) is 14.7. The van der Waals surface area contributed by atoms with E-state index in [9.17, 15) is 0 Å². The summed E-state index contributed by atoms with van der Waals surface area (Å²) in [6.45, 7) is 5.44. The first kappa shape index (κ1) is 14.8. The highest BCUT2D eigenvalue weighted by Crippen LogP contribution is 2.49. The predicted octanol–water partition coefficient (Wildman–Crippen LogP) is 4.16. The SMILES string of the molecule is CCPCCc1ccc(C2(Cn3ccnc3C)CC2)cc1. The molecule has 1 heterocycles. The molecule has 0 spiro atoms. The van der Waals surface area contributed by atoms with E-state index in [0.29, 0.717) is 5.41 Å². The first-order chi connectivity index (χ1) is 10.2. The topological polar surface area (TPSA) is 17.8 Å². The number of rotatable bonds is 7. The molecule has 21 heavy (non-hydrogen) atoms. The zero-order valence-electron chi connectivity index (χ0n) is 13.1. The number of hydrogen-bond donors (Lipinski definition) is 0. The molecule has 1 atom stereocenters. The monoisotopic (exact) mass is 300 g/mol. The molecule has 2 aromatic rings. The Kier molecular flexibility index (Phi) is 4.45. The van der Waals surface area contributed by atoms with Crippen molar-refractivity contribution in [2.45, 2.75) is 45.1 Å². The molecule has 1 unspecified atom stereocenters. The van der Waals surface area contributed by atoms with Crippen molar-refractivity contribution in [3.8, 4) is 0 Å². The van der Waals surface area contributed by atoms with Gasteiger partial charge in [-0.3, -0.25) is 0 Å². The molecule has 112 valence electrons. The minimum Gasteiger partial charge on any atom is -0.334 e. The molecule has 0 N–H and O–H groups in total. The quantitative estimate of drug-likeness (QED) is 0.554. The molecule has 0 aliphatic heterocycles. The fraction of sp³-hybridized carbons (Fsp3) is 0.500. The Hall–Kier alpha value is -1.14. The van der Waals surface area contributed by atoms with E-state index in [4.69, 9.17) is 0 Å². The van der Waals surface area contributed by atoms with Gasteiger partial charge in [0.05, 0.1) is 0 Å². The van der Waals surface area contributed by atoms with Gasteiger partial charge >= 0.3 is 0 Å². The van der Waals surface area contributed by atoms with Gasteiger partial charge in [0.15, 0.2) is 0 Å². The van der Waals surface area contributed by atoms with Gasteiger partial charge in [-0.2, -0.15) is 0 Å². The zero-order valence-corrected chi connectivity index (χ0v) is 14.1. The van der Waals surface area contributed by atoms with Gasteiger partial charge in [-0.1, -0.05) is 31.2 Å². The van der Waals surface area contributed by atoms with Crippen LogP contribution in [0.15, 0.2) is 36.7 Å². The molecule has 3 rings (SSSR count). The van der Waals surface area contributed by atoms with Gasteiger partial charge in [-0.15, -0.1) is 8.58 Å². The largest absolute Gasteiger partial charge is 0.334 e. The summed E-state index contributed by atoms with van der Waals surface area (Å²) in [5, 5.41) is 0. The van der Waals surface area contributed by atoms with Crippen molar-refractivity contribution in [3.63, 3.8) is 0 Å². The van der Waals surface area contributed by atoms with Crippen molar-refractivity contribution in [3.05, 3.63) is 53.6 Å². The summed E-state index contributed by atoms with van der Waals surface area (Å²) >= 11 is 0. The van der Waals surface area contributed by atoms with Crippen molar-refractivity contribution in [1.29, 1.82) is 0 Å². The fourth-order valence-corrected chi connectivity index (χ4v) is 3.84. The molecule has 1 saturated carbocycles. The maximum absolute atomic E-state index is 4.34. The van der Waals surface area contributed by atoms with E-state index in [0.717, 1.165) is 20.9 Å². The third kappa shape index (κ3) is 3.37. The molecule has 2 nitrogen and oxygen atoms in total. The smallest absolute Gasteiger partial charge is 0.105 e. The van der Waals surface area contributed by atoms with Crippen LogP contribution in [0, 0.1) is 6.92 Å². The van der Waals surface area contributed by atoms with Gasteiger partial charge in [0.25, 0.3) is 0 Å². The highest BCUT2D eigenvalue weighted by molar-refractivity contribution is 7.37. The Morgan fingerprint density at radius 1 is 1.24 bits per heavy atom. The number of nitrogens with zero attached hydrogens (tertiary/aromatic N) is 2. The van der Waals surface area contributed by atoms with Crippen molar-refractivity contribution < 1.29 is 0 Å². The molecular formula is C18H25N2P. The lowest BCUT2D eigenvalue weighted by Crippen LogP contribution is -2.16. The summed E-state index contributed by atoms with van der Waals surface area (Å²) in [6.07, 6.45) is 10.5. The molecule has 0 saturated heterocycles. The Morgan fingerprint density at radius 3 is 2.57 bits per heavy atom. The van der Waals surface area contributed by atoms with Crippen molar-refractivity contribution in [1.82, 2.24) is 9.55 Å². The van der Waals surface area contributed by atoms with Gasteiger partial charge in [0.2, 0.25) is 0 Å². The van der Waals surface area contributed by atoms with Crippen molar-refractivity contribution >= 4 is 8.58 Å². The van der Waals surface area contributed by atoms with Gasteiger partial charge in [-0.25, -0.2) is 4.98 Å². The van der Waals surface area contributed by atoms with E-state index >= 15 is 0 Å². The molecule has 1 aliphatic carbocycles. The van der Waals surface area contributed by atoms with Crippen LogP contribution >= 0.6 is 8.58 Å². The van der Waals surface area contributed by atoms with Crippen molar-refractivity contribution in [2.75, 3.05) is 12.3 Å². The van der Waals surface area contributed by atoms with E-state index in [1.165, 1.54) is 42.7 Å². The Morgan fingerprint density at radius 2 is 2.00 bits per heavy atom. The molecule has 0 bridgehead atoms. The predicted molar refractivity (Wildman–Crippen MR) is 91.7 cm³/mol. The maximum Gasteiger partial charge on any atom is 0.105 e. The molecule has 1 fully saturated rings. The molecule has 3 heteroatoms. The normalized spacial score (nSPS) is 16.7. The molecule has 1 aliphatic rings. The lowest BCUT2D eigenvalue weighted by Gasteiger charge is -2.18. The van der Waals surface area contributed by atoms with E-state index in [1.807, 2.05) is 6.20 Å². The van der Waals surface area contributed by atoms with Crippen LogP contribution in [0.5, 0.6) is 0 Å². The summed E-state index contributed by atoms with van der Waals surface area (Å²) in [7, 11) is 1.11. The van der Waals surface area contributed by atoms with E-state index in [1.54, 1.807) is 0 Å². The maximum atomic E-state index is 4.34. The molecule has 1 aromatic carbocycles. The van der Waals surface area contributed by atoms with Gasteiger partial charge in [0.1, 0.15) is 5.82 Å². The van der Waals surface area contributed by atoms with E-state index in [-0.39, 0.29) is 0 Å². The van der Waals surface area contributed by atoms with Gasteiger partial charge in [-0.05, 0) is 49.6 Å². The van der Waals surface area contributed by atoms with Crippen LogP contribution in [0.3, 0.4) is 0 Å². The number of benzene rings is 1. The number of imidazole rings is 1. The van der Waals surface area contributed by atoms with Crippen LogP contribution in [-0.2, 0) is 18.4 Å². The molecular weight excluding hydrogens is 275 g/mol. The fourth-order valence-electron chi connectivity index (χ4n) is 3.02. The Balaban J connectivity index is 1.67. The highest BCUT2D eigenvalue weighted by Gasteiger charge is 2.44. The lowest BCUT2D eigenvalue weighted by molar-refractivity contribution is 0.537. The van der Waals surface area contributed by atoms with Crippen LogP contribution < -0.4 is 0 Å². The van der Waals surface area contributed by atoms with Crippen LogP contribution in [-0.4, -0.2) is 21.9 Å². The second-order valence-electron chi connectivity index (χ2n) is 6.18. The third-order valence-electron chi connectivity index (χ3n) is 4.66. The first-order valence-corrected chi connectivity index (χ1v) is 9.43. The molecule has 0 amide bonds. The first-order valence-electron chi connectivity index (χ1n) is 8.01. The van der Waals surface area contributed by atoms with Crippen LogP contribution in [0.2, 0.25) is 0 Å². The molecule has 0 radical (unpaired) electrons. The van der Waals surface area contributed by atoms with E-state index < -0.39 is 0 Å². The second-order valence-corrected chi connectivity index (χ2v) is 7.89. The summed E-state index contributed by atoms with van der Waals surface area (Å²) in [5.41, 5.74) is 3.38. The minimum atomic E-state index is 0.370. The van der Waals surface area contributed by atoms with E-state index in [2.05, 4.69) is 53.9 Å². The summed E-state index contributed by atoms with van der Waals surface area (Å²) < 4.78 is 2.29. The number of aryl methyl sites for hydroxylation is 2. The second kappa shape index (κ2) is 6.32. The van der Waals surface area contributed by atoms with Crippen LogP contribution in [0.4, 0.5) is 0 Å². The summed E-state index contributed by atoms with van der Waals surface area (Å²) in [6, 6.07) is 9.42.